The van der Waals surface area contributed by atoms with E-state index in [4.69, 9.17) is 10.5 Å². The average Bonchev–Trinajstić information content (AvgIpc) is 2.16. The molecule has 0 bridgehead atoms. The van der Waals surface area contributed by atoms with Crippen LogP contribution in [0.15, 0.2) is 29.4 Å². The van der Waals surface area contributed by atoms with Gasteiger partial charge in [0.25, 0.3) is 0 Å². The van der Waals surface area contributed by atoms with E-state index in [0.717, 1.165) is 4.47 Å². The molecular weight excluding hydrogens is 232 g/mol. The Morgan fingerprint density at radius 2 is 2.46 bits per heavy atom. The van der Waals surface area contributed by atoms with Gasteiger partial charge in [-0.15, -0.1) is 6.58 Å². The minimum atomic E-state index is -0.289. The topological polar surface area (TPSA) is 48.1 Å². The maximum Gasteiger partial charge on any atom is 0.143 e. The summed E-state index contributed by atoms with van der Waals surface area (Å²) >= 11 is 3.30. The van der Waals surface area contributed by atoms with Crippen LogP contribution in [0.1, 0.15) is 11.7 Å². The molecule has 0 aliphatic rings. The summed E-state index contributed by atoms with van der Waals surface area (Å²) in [4.78, 5) is 4.15. The number of ether oxygens (including phenoxy) is 1. The van der Waals surface area contributed by atoms with Crippen LogP contribution in [0.25, 0.3) is 0 Å². The molecule has 0 aliphatic heterocycles. The van der Waals surface area contributed by atoms with Gasteiger partial charge in [0.1, 0.15) is 11.4 Å². The van der Waals surface area contributed by atoms with Crippen LogP contribution in [-0.4, -0.2) is 12.1 Å². The number of hydrogen-bond acceptors (Lipinski definition) is 3. The second-order valence-corrected chi connectivity index (χ2v) is 3.42. The number of rotatable bonds is 3. The van der Waals surface area contributed by atoms with E-state index in [1.165, 1.54) is 0 Å². The molecule has 1 aromatic rings. The molecule has 1 rings (SSSR count). The lowest BCUT2D eigenvalue weighted by molar-refractivity contribution is 0.404. The molecule has 0 radical (unpaired) electrons. The molecule has 0 amide bonds. The summed E-state index contributed by atoms with van der Waals surface area (Å²) in [6.07, 6.45) is 3.31. The summed E-state index contributed by atoms with van der Waals surface area (Å²) < 4.78 is 5.99. The van der Waals surface area contributed by atoms with E-state index in [1.807, 2.05) is 6.07 Å². The van der Waals surface area contributed by atoms with Crippen molar-refractivity contribution < 1.29 is 4.74 Å². The third-order valence-electron chi connectivity index (χ3n) is 1.64. The highest BCUT2D eigenvalue weighted by Gasteiger charge is 2.10. The van der Waals surface area contributed by atoms with Gasteiger partial charge < -0.3 is 10.5 Å². The molecule has 0 saturated carbocycles. The SMILES string of the molecule is C=CC(N)c1ncc(Br)cc1OC. The van der Waals surface area contributed by atoms with Gasteiger partial charge in [-0.2, -0.15) is 0 Å². The van der Waals surface area contributed by atoms with Gasteiger partial charge in [0, 0.05) is 10.7 Å². The van der Waals surface area contributed by atoms with E-state index in [-0.39, 0.29) is 6.04 Å². The number of nitrogens with zero attached hydrogens (tertiary/aromatic N) is 1. The van der Waals surface area contributed by atoms with E-state index in [2.05, 4.69) is 27.5 Å². The fourth-order valence-corrected chi connectivity index (χ4v) is 1.27. The Morgan fingerprint density at radius 1 is 1.77 bits per heavy atom. The van der Waals surface area contributed by atoms with Crippen LogP contribution in [0, 0.1) is 0 Å². The standard InChI is InChI=1S/C9H11BrN2O/c1-3-7(11)9-8(13-2)4-6(10)5-12-9/h3-5,7H,1,11H2,2H3. The summed E-state index contributed by atoms with van der Waals surface area (Å²) in [5.74, 6) is 0.668. The zero-order valence-electron chi connectivity index (χ0n) is 7.33. The Morgan fingerprint density at radius 3 is 3.00 bits per heavy atom. The lowest BCUT2D eigenvalue weighted by Gasteiger charge is -2.10. The summed E-state index contributed by atoms with van der Waals surface area (Å²) in [6, 6.07) is 1.54. The molecule has 0 saturated heterocycles. The lowest BCUT2D eigenvalue weighted by atomic mass is 10.2. The third-order valence-corrected chi connectivity index (χ3v) is 2.07. The highest BCUT2D eigenvalue weighted by molar-refractivity contribution is 9.10. The third kappa shape index (κ3) is 2.29. The van der Waals surface area contributed by atoms with Gasteiger partial charge in [-0.05, 0) is 22.0 Å². The average molecular weight is 243 g/mol. The zero-order valence-corrected chi connectivity index (χ0v) is 8.91. The van der Waals surface area contributed by atoms with Gasteiger partial charge in [-0.25, -0.2) is 0 Å². The number of hydrogen-bond donors (Lipinski definition) is 1. The Balaban J connectivity index is 3.12. The number of aromatic nitrogens is 1. The maximum absolute atomic E-state index is 5.74. The second-order valence-electron chi connectivity index (χ2n) is 2.50. The van der Waals surface area contributed by atoms with Crippen LogP contribution in [0.2, 0.25) is 0 Å². The molecule has 13 heavy (non-hydrogen) atoms. The summed E-state index contributed by atoms with van der Waals surface area (Å²) in [6.45, 7) is 3.60. The van der Waals surface area contributed by atoms with Gasteiger partial charge in [0.05, 0.1) is 13.2 Å². The van der Waals surface area contributed by atoms with Crippen molar-refractivity contribution in [3.8, 4) is 5.75 Å². The van der Waals surface area contributed by atoms with Gasteiger partial charge in [-0.1, -0.05) is 6.08 Å². The highest BCUT2D eigenvalue weighted by atomic mass is 79.9. The lowest BCUT2D eigenvalue weighted by Crippen LogP contribution is -2.10. The van der Waals surface area contributed by atoms with Crippen LogP contribution in [0.4, 0.5) is 0 Å². The zero-order chi connectivity index (χ0) is 9.84. The van der Waals surface area contributed by atoms with E-state index in [0.29, 0.717) is 11.4 Å². The molecule has 0 fully saturated rings. The van der Waals surface area contributed by atoms with Crippen LogP contribution in [0.3, 0.4) is 0 Å². The molecule has 1 atom stereocenters. The Labute approximate surface area is 85.7 Å². The number of nitrogens with two attached hydrogens (primary N) is 1. The maximum atomic E-state index is 5.74. The van der Waals surface area contributed by atoms with Crippen molar-refractivity contribution in [2.75, 3.05) is 7.11 Å². The van der Waals surface area contributed by atoms with Gasteiger partial charge >= 0.3 is 0 Å². The summed E-state index contributed by atoms with van der Waals surface area (Å²) in [7, 11) is 1.59. The Kier molecular flexibility index (Phi) is 3.45. The summed E-state index contributed by atoms with van der Waals surface area (Å²) in [5.41, 5.74) is 6.44. The van der Waals surface area contributed by atoms with Crippen LogP contribution in [0.5, 0.6) is 5.75 Å². The Bertz CT molecular complexity index is 314. The largest absolute Gasteiger partial charge is 0.495 e. The van der Waals surface area contributed by atoms with Gasteiger partial charge in [0.2, 0.25) is 0 Å². The molecule has 0 aromatic carbocycles. The van der Waals surface area contributed by atoms with Crippen molar-refractivity contribution in [3.05, 3.63) is 35.1 Å². The van der Waals surface area contributed by atoms with E-state index >= 15 is 0 Å². The number of halogens is 1. The van der Waals surface area contributed by atoms with Gasteiger partial charge in [0.15, 0.2) is 0 Å². The summed E-state index contributed by atoms with van der Waals surface area (Å²) in [5, 5.41) is 0. The quantitative estimate of drug-likeness (QED) is 0.826. The highest BCUT2D eigenvalue weighted by Crippen LogP contribution is 2.25. The smallest absolute Gasteiger partial charge is 0.143 e. The first-order valence-corrected chi connectivity index (χ1v) is 4.56. The minimum absolute atomic E-state index is 0.289. The van der Waals surface area contributed by atoms with Gasteiger partial charge in [-0.3, -0.25) is 4.98 Å². The predicted octanol–water partition coefficient (Wildman–Crippen LogP) is 2.04. The number of methoxy groups -OCH3 is 1. The van der Waals surface area contributed by atoms with E-state index in [9.17, 15) is 0 Å². The van der Waals surface area contributed by atoms with Crippen LogP contribution >= 0.6 is 15.9 Å². The first-order valence-electron chi connectivity index (χ1n) is 3.76. The van der Waals surface area contributed by atoms with Crippen molar-refractivity contribution >= 4 is 15.9 Å². The second kappa shape index (κ2) is 4.39. The van der Waals surface area contributed by atoms with Crippen LogP contribution in [-0.2, 0) is 0 Å². The molecule has 4 heteroatoms. The predicted molar refractivity (Wildman–Crippen MR) is 55.6 cm³/mol. The van der Waals surface area contributed by atoms with Crippen molar-refractivity contribution in [2.45, 2.75) is 6.04 Å². The molecule has 1 unspecified atom stereocenters. The molecule has 0 spiro atoms. The van der Waals surface area contributed by atoms with Crippen LogP contribution < -0.4 is 10.5 Å². The van der Waals surface area contributed by atoms with Crippen molar-refractivity contribution in [2.24, 2.45) is 5.73 Å². The van der Waals surface area contributed by atoms with Crippen molar-refractivity contribution in [3.63, 3.8) is 0 Å². The normalized spacial score (nSPS) is 12.2. The van der Waals surface area contributed by atoms with Crippen molar-refractivity contribution in [1.82, 2.24) is 4.98 Å². The first kappa shape index (κ1) is 10.2. The first-order chi connectivity index (χ1) is 6.19. The fraction of sp³-hybridized carbons (Fsp3) is 0.222. The minimum Gasteiger partial charge on any atom is -0.495 e. The van der Waals surface area contributed by atoms with E-state index < -0.39 is 0 Å². The molecule has 70 valence electrons. The molecule has 3 nitrogen and oxygen atoms in total. The van der Waals surface area contributed by atoms with E-state index in [1.54, 1.807) is 19.4 Å². The number of pyridine rings is 1. The molecule has 1 heterocycles. The fourth-order valence-electron chi connectivity index (χ4n) is 0.957. The molecule has 0 aliphatic carbocycles. The van der Waals surface area contributed by atoms with Crippen molar-refractivity contribution in [1.29, 1.82) is 0 Å². The molecule has 1 aromatic heterocycles. The Hall–Kier alpha value is -0.870. The molecule has 2 N–H and O–H groups in total. The monoisotopic (exact) mass is 242 g/mol. The molecular formula is C9H11BrN2O.